The van der Waals surface area contributed by atoms with Gasteiger partial charge in [-0.25, -0.2) is 0 Å². The number of hydrogen-bond donors (Lipinski definition) is 1. The lowest BCUT2D eigenvalue weighted by Gasteiger charge is -2.22. The molecule has 0 aromatic carbocycles. The molecule has 2 nitrogen and oxygen atoms in total. The van der Waals surface area contributed by atoms with Crippen molar-refractivity contribution in [1.82, 2.24) is 5.32 Å². The summed E-state index contributed by atoms with van der Waals surface area (Å²) >= 11 is 3.66. The molecule has 4 heteroatoms. The van der Waals surface area contributed by atoms with Crippen LogP contribution in [0.1, 0.15) is 29.5 Å². The lowest BCUT2D eigenvalue weighted by molar-refractivity contribution is 0.539. The summed E-state index contributed by atoms with van der Waals surface area (Å²) in [6, 6.07) is 6.11. The van der Waals surface area contributed by atoms with Crippen molar-refractivity contribution < 1.29 is 0 Å². The Bertz CT molecular complexity index is 386. The van der Waals surface area contributed by atoms with E-state index < -0.39 is 0 Å². The molecule has 2 heterocycles. The highest BCUT2D eigenvalue weighted by atomic mass is 32.2. The molecule has 1 saturated heterocycles. The molecule has 1 atom stereocenters. The van der Waals surface area contributed by atoms with E-state index in [0.717, 1.165) is 18.0 Å². The molecule has 0 bridgehead atoms. The zero-order chi connectivity index (χ0) is 11.4. The Morgan fingerprint density at radius 2 is 2.44 bits per heavy atom. The van der Waals surface area contributed by atoms with Crippen LogP contribution in [0, 0.1) is 11.3 Å². The van der Waals surface area contributed by atoms with Crippen molar-refractivity contribution in [3.63, 3.8) is 0 Å². The molecule has 0 spiro atoms. The molecule has 1 aromatic rings. The largest absolute Gasteiger partial charge is 0.310 e. The minimum absolute atomic E-state index is 0.426. The third-order valence-electron chi connectivity index (χ3n) is 2.87. The van der Waals surface area contributed by atoms with Gasteiger partial charge < -0.3 is 5.32 Å². The molecule has 1 fully saturated rings. The van der Waals surface area contributed by atoms with Gasteiger partial charge >= 0.3 is 0 Å². The van der Waals surface area contributed by atoms with Gasteiger partial charge in [0.2, 0.25) is 0 Å². The van der Waals surface area contributed by atoms with Crippen LogP contribution >= 0.6 is 23.1 Å². The van der Waals surface area contributed by atoms with E-state index in [0.29, 0.717) is 4.75 Å². The van der Waals surface area contributed by atoms with Gasteiger partial charge in [0.25, 0.3) is 0 Å². The average molecular weight is 252 g/mol. The highest BCUT2D eigenvalue weighted by molar-refractivity contribution is 8.00. The Morgan fingerprint density at radius 3 is 3.06 bits per heavy atom. The fourth-order valence-corrected chi connectivity index (χ4v) is 4.01. The van der Waals surface area contributed by atoms with E-state index in [9.17, 15) is 0 Å². The maximum absolute atomic E-state index is 8.73. The van der Waals surface area contributed by atoms with Crippen LogP contribution in [0.25, 0.3) is 0 Å². The quantitative estimate of drug-likeness (QED) is 0.895. The number of nitrogens with zero attached hydrogens (tertiary/aromatic N) is 1. The van der Waals surface area contributed by atoms with Crippen LogP contribution in [0.5, 0.6) is 0 Å². The maximum Gasteiger partial charge on any atom is 0.110 e. The van der Waals surface area contributed by atoms with Gasteiger partial charge in [-0.1, -0.05) is 0 Å². The molecular weight excluding hydrogens is 236 g/mol. The van der Waals surface area contributed by atoms with Crippen molar-refractivity contribution in [3.8, 4) is 6.07 Å². The number of thiophene rings is 1. The molecule has 1 unspecified atom stereocenters. The zero-order valence-corrected chi connectivity index (χ0v) is 11.1. The Morgan fingerprint density at radius 1 is 1.56 bits per heavy atom. The molecule has 1 aliphatic rings. The van der Waals surface area contributed by atoms with Gasteiger partial charge in [0.1, 0.15) is 10.9 Å². The lowest BCUT2D eigenvalue weighted by Crippen LogP contribution is -2.32. The van der Waals surface area contributed by atoms with Crippen molar-refractivity contribution >= 4 is 23.1 Å². The molecule has 2 rings (SSSR count). The van der Waals surface area contributed by atoms with Crippen molar-refractivity contribution in [1.29, 1.82) is 5.26 Å². The van der Waals surface area contributed by atoms with Crippen molar-refractivity contribution in [2.24, 2.45) is 0 Å². The molecule has 0 saturated carbocycles. The highest BCUT2D eigenvalue weighted by Gasteiger charge is 2.28. The van der Waals surface area contributed by atoms with E-state index in [1.165, 1.54) is 23.5 Å². The van der Waals surface area contributed by atoms with Gasteiger partial charge in [-0.3, -0.25) is 0 Å². The molecule has 1 N–H and O–H groups in total. The van der Waals surface area contributed by atoms with Crippen LogP contribution in [0.3, 0.4) is 0 Å². The first kappa shape index (κ1) is 12.0. The predicted molar refractivity (Wildman–Crippen MR) is 70.8 cm³/mol. The Hall–Kier alpha value is -0.500. The SMILES string of the molecule is CC1(CNCc2ccc(C#N)s2)CCCS1. The Balaban J connectivity index is 1.77. The predicted octanol–water partition coefficient (Wildman–Crippen LogP) is 3.00. The van der Waals surface area contributed by atoms with Crippen LogP contribution < -0.4 is 5.32 Å². The van der Waals surface area contributed by atoms with Crippen LogP contribution in [0.15, 0.2) is 12.1 Å². The summed E-state index contributed by atoms with van der Waals surface area (Å²) in [4.78, 5) is 2.06. The first-order chi connectivity index (χ1) is 7.72. The summed E-state index contributed by atoms with van der Waals surface area (Å²) in [5.74, 6) is 1.30. The molecule has 16 heavy (non-hydrogen) atoms. The fraction of sp³-hybridized carbons (Fsp3) is 0.583. The van der Waals surface area contributed by atoms with Gasteiger partial charge in [-0.05, 0) is 37.7 Å². The van der Waals surface area contributed by atoms with E-state index in [1.807, 2.05) is 12.1 Å². The minimum Gasteiger partial charge on any atom is -0.310 e. The van der Waals surface area contributed by atoms with Crippen LogP contribution in [0.4, 0.5) is 0 Å². The molecule has 1 aromatic heterocycles. The van der Waals surface area contributed by atoms with Crippen LogP contribution in [-0.2, 0) is 6.54 Å². The number of hydrogen-bond acceptors (Lipinski definition) is 4. The first-order valence-corrected chi connectivity index (χ1v) is 7.36. The van der Waals surface area contributed by atoms with Crippen molar-refractivity contribution in [2.45, 2.75) is 31.1 Å². The van der Waals surface area contributed by atoms with Gasteiger partial charge in [0.05, 0.1) is 0 Å². The summed E-state index contributed by atoms with van der Waals surface area (Å²) in [5, 5.41) is 12.2. The molecule has 0 aliphatic carbocycles. The normalized spacial score (nSPS) is 24.5. The Labute approximate surface area is 105 Å². The number of rotatable bonds is 4. The van der Waals surface area contributed by atoms with Gasteiger partial charge in [-0.2, -0.15) is 17.0 Å². The van der Waals surface area contributed by atoms with E-state index in [-0.39, 0.29) is 0 Å². The summed E-state index contributed by atoms with van der Waals surface area (Å²) < 4.78 is 0.426. The van der Waals surface area contributed by atoms with Gasteiger partial charge in [0.15, 0.2) is 0 Å². The van der Waals surface area contributed by atoms with E-state index >= 15 is 0 Å². The van der Waals surface area contributed by atoms with E-state index in [2.05, 4.69) is 30.1 Å². The summed E-state index contributed by atoms with van der Waals surface area (Å²) in [7, 11) is 0. The van der Waals surface area contributed by atoms with Crippen molar-refractivity contribution in [2.75, 3.05) is 12.3 Å². The Kier molecular flexibility index (Phi) is 3.91. The molecule has 1 aliphatic heterocycles. The summed E-state index contributed by atoms with van der Waals surface area (Å²) in [6.07, 6.45) is 2.67. The second kappa shape index (κ2) is 5.22. The molecule has 0 amide bonds. The number of thioether (sulfide) groups is 1. The molecular formula is C12H16N2S2. The second-order valence-electron chi connectivity index (χ2n) is 4.38. The summed E-state index contributed by atoms with van der Waals surface area (Å²) in [5.41, 5.74) is 0. The van der Waals surface area contributed by atoms with Crippen LogP contribution in [0.2, 0.25) is 0 Å². The molecule has 86 valence electrons. The summed E-state index contributed by atoms with van der Waals surface area (Å²) in [6.45, 7) is 4.30. The third kappa shape index (κ3) is 3.00. The smallest absolute Gasteiger partial charge is 0.110 e. The second-order valence-corrected chi connectivity index (χ2v) is 7.23. The van der Waals surface area contributed by atoms with Gasteiger partial charge in [-0.15, -0.1) is 11.3 Å². The topological polar surface area (TPSA) is 35.8 Å². The first-order valence-electron chi connectivity index (χ1n) is 5.55. The number of nitrogens with one attached hydrogen (secondary N) is 1. The monoisotopic (exact) mass is 252 g/mol. The van der Waals surface area contributed by atoms with Crippen LogP contribution in [-0.4, -0.2) is 17.0 Å². The maximum atomic E-state index is 8.73. The van der Waals surface area contributed by atoms with Crippen molar-refractivity contribution in [3.05, 3.63) is 21.9 Å². The third-order valence-corrected chi connectivity index (χ3v) is 5.40. The van der Waals surface area contributed by atoms with Gasteiger partial charge in [0, 0.05) is 22.7 Å². The highest BCUT2D eigenvalue weighted by Crippen LogP contribution is 2.37. The van der Waals surface area contributed by atoms with E-state index in [1.54, 1.807) is 11.3 Å². The lowest BCUT2D eigenvalue weighted by atomic mass is 10.1. The standard InChI is InChI=1S/C12H16N2S2/c1-12(5-2-6-15-12)9-14-8-11-4-3-10(7-13)16-11/h3-4,14H,2,5-6,8-9H2,1H3. The zero-order valence-electron chi connectivity index (χ0n) is 9.45. The fourth-order valence-electron chi connectivity index (χ4n) is 1.96. The van der Waals surface area contributed by atoms with E-state index in [4.69, 9.17) is 5.26 Å². The number of nitriles is 1. The minimum atomic E-state index is 0.426. The molecule has 0 radical (unpaired) electrons. The average Bonchev–Trinajstić information content (AvgIpc) is 2.88.